The maximum Gasteiger partial charge on any atom is 0.130 e. The van der Waals surface area contributed by atoms with Crippen LogP contribution in [0.25, 0.3) is 0 Å². The van der Waals surface area contributed by atoms with Crippen molar-refractivity contribution in [2.45, 2.75) is 17.5 Å². The lowest BCUT2D eigenvalue weighted by molar-refractivity contribution is 0.555. The van der Waals surface area contributed by atoms with Gasteiger partial charge >= 0.3 is 0 Å². The Labute approximate surface area is 145 Å². The molecule has 1 heterocycles. The standard InChI is InChI=1S/C19H20FN3S/c1-23-12-11-21-19(23)18(15-5-7-16(20)8-6-15)22-13-14-3-9-17(24-2)10-4-14/h3-12,18,22H,13H2,1-2H3/t18-/m0/s1. The summed E-state index contributed by atoms with van der Waals surface area (Å²) in [5.74, 6) is 0.673. The lowest BCUT2D eigenvalue weighted by Gasteiger charge is -2.19. The number of benzene rings is 2. The Morgan fingerprint density at radius 2 is 1.83 bits per heavy atom. The van der Waals surface area contributed by atoms with Crippen LogP contribution in [0.15, 0.2) is 65.8 Å². The Hall–Kier alpha value is -2.11. The van der Waals surface area contributed by atoms with Gasteiger partial charge in [0.05, 0.1) is 6.04 Å². The van der Waals surface area contributed by atoms with Crippen molar-refractivity contribution >= 4 is 11.8 Å². The number of hydrogen-bond acceptors (Lipinski definition) is 3. The molecule has 1 atom stereocenters. The first-order valence-corrected chi connectivity index (χ1v) is 8.99. The Bertz CT molecular complexity index is 781. The highest BCUT2D eigenvalue weighted by molar-refractivity contribution is 7.98. The summed E-state index contributed by atoms with van der Waals surface area (Å²) in [5.41, 5.74) is 2.19. The molecule has 0 saturated heterocycles. The predicted octanol–water partition coefficient (Wildman–Crippen LogP) is 4.16. The third-order valence-corrected chi connectivity index (χ3v) is 4.73. The fourth-order valence-electron chi connectivity index (χ4n) is 2.63. The van der Waals surface area contributed by atoms with E-state index in [1.807, 2.05) is 17.8 Å². The minimum absolute atomic E-state index is 0.0918. The van der Waals surface area contributed by atoms with Crippen LogP contribution in [-0.2, 0) is 13.6 Å². The molecule has 0 bridgehead atoms. The lowest BCUT2D eigenvalue weighted by atomic mass is 10.1. The number of aryl methyl sites for hydroxylation is 1. The molecule has 0 unspecified atom stereocenters. The van der Waals surface area contributed by atoms with Gasteiger partial charge in [-0.25, -0.2) is 9.37 Å². The van der Waals surface area contributed by atoms with Crippen molar-refractivity contribution in [2.75, 3.05) is 6.26 Å². The molecule has 24 heavy (non-hydrogen) atoms. The molecule has 3 nitrogen and oxygen atoms in total. The molecule has 0 saturated carbocycles. The molecule has 124 valence electrons. The van der Waals surface area contributed by atoms with Gasteiger partial charge in [0.2, 0.25) is 0 Å². The lowest BCUT2D eigenvalue weighted by Crippen LogP contribution is -2.24. The zero-order valence-electron chi connectivity index (χ0n) is 13.7. The van der Waals surface area contributed by atoms with Crippen molar-refractivity contribution in [2.24, 2.45) is 7.05 Å². The maximum absolute atomic E-state index is 13.3. The van der Waals surface area contributed by atoms with Crippen LogP contribution >= 0.6 is 11.8 Å². The van der Waals surface area contributed by atoms with Gasteiger partial charge in [0.15, 0.2) is 0 Å². The smallest absolute Gasteiger partial charge is 0.130 e. The second kappa shape index (κ2) is 7.64. The van der Waals surface area contributed by atoms with E-state index >= 15 is 0 Å². The number of aromatic nitrogens is 2. The van der Waals surface area contributed by atoms with Gasteiger partial charge in [-0.05, 0) is 41.6 Å². The molecule has 3 rings (SSSR count). The van der Waals surface area contributed by atoms with Gasteiger partial charge in [0.25, 0.3) is 0 Å². The largest absolute Gasteiger partial charge is 0.336 e. The molecule has 5 heteroatoms. The van der Waals surface area contributed by atoms with Crippen LogP contribution in [0.3, 0.4) is 0 Å². The van der Waals surface area contributed by atoms with Crippen molar-refractivity contribution < 1.29 is 4.39 Å². The highest BCUT2D eigenvalue weighted by Gasteiger charge is 2.17. The molecule has 0 aliphatic rings. The zero-order valence-corrected chi connectivity index (χ0v) is 14.6. The van der Waals surface area contributed by atoms with Crippen molar-refractivity contribution in [1.29, 1.82) is 0 Å². The number of thioether (sulfide) groups is 1. The molecule has 0 spiro atoms. The van der Waals surface area contributed by atoms with E-state index in [0.717, 1.165) is 11.4 Å². The Kier molecular flexibility index (Phi) is 5.33. The average Bonchev–Trinajstić information content (AvgIpc) is 3.03. The van der Waals surface area contributed by atoms with Crippen LogP contribution in [0.5, 0.6) is 0 Å². The Morgan fingerprint density at radius 3 is 2.42 bits per heavy atom. The Balaban J connectivity index is 1.82. The van der Waals surface area contributed by atoms with Crippen LogP contribution in [0.4, 0.5) is 4.39 Å². The minimum atomic E-state index is -0.231. The van der Waals surface area contributed by atoms with Crippen molar-refractivity contribution in [1.82, 2.24) is 14.9 Å². The summed E-state index contributed by atoms with van der Waals surface area (Å²) >= 11 is 1.73. The minimum Gasteiger partial charge on any atom is -0.336 e. The zero-order chi connectivity index (χ0) is 16.9. The molecule has 0 aliphatic heterocycles. The summed E-state index contributed by atoms with van der Waals surface area (Å²) in [6.45, 7) is 0.712. The molecule has 2 aromatic carbocycles. The van der Waals surface area contributed by atoms with E-state index < -0.39 is 0 Å². The maximum atomic E-state index is 13.3. The highest BCUT2D eigenvalue weighted by Crippen LogP contribution is 2.22. The molecule has 1 N–H and O–H groups in total. The molecule has 1 aromatic heterocycles. The monoisotopic (exact) mass is 341 g/mol. The number of halogens is 1. The molecular weight excluding hydrogens is 321 g/mol. The number of imidazole rings is 1. The molecular formula is C19H20FN3S. The third-order valence-electron chi connectivity index (χ3n) is 3.99. The second-order valence-electron chi connectivity index (χ2n) is 5.61. The quantitative estimate of drug-likeness (QED) is 0.683. The Morgan fingerprint density at radius 1 is 1.12 bits per heavy atom. The summed E-state index contributed by atoms with van der Waals surface area (Å²) in [4.78, 5) is 5.71. The highest BCUT2D eigenvalue weighted by atomic mass is 32.2. The van der Waals surface area contributed by atoms with Crippen molar-refractivity contribution in [3.8, 4) is 0 Å². The summed E-state index contributed by atoms with van der Waals surface area (Å²) in [5, 5.41) is 3.54. The number of hydrogen-bond donors (Lipinski definition) is 1. The van der Waals surface area contributed by atoms with Gasteiger partial charge in [-0.3, -0.25) is 5.32 Å². The first kappa shape index (κ1) is 16.7. The molecule has 0 fully saturated rings. The SMILES string of the molecule is CSc1ccc(CN[C@@H](c2ccc(F)cc2)c2nccn2C)cc1. The van der Waals surface area contributed by atoms with Gasteiger partial charge in [0, 0.05) is 30.9 Å². The molecule has 0 aliphatic carbocycles. The first-order valence-electron chi connectivity index (χ1n) is 7.76. The molecule has 3 aromatic rings. The van der Waals surface area contributed by atoms with Crippen molar-refractivity contribution in [3.63, 3.8) is 0 Å². The van der Waals surface area contributed by atoms with Gasteiger partial charge in [0.1, 0.15) is 11.6 Å². The van der Waals surface area contributed by atoms with E-state index in [-0.39, 0.29) is 11.9 Å². The van der Waals surface area contributed by atoms with Crippen LogP contribution in [0.2, 0.25) is 0 Å². The fraction of sp³-hybridized carbons (Fsp3) is 0.211. The van der Waals surface area contributed by atoms with Crippen LogP contribution < -0.4 is 5.32 Å². The van der Waals surface area contributed by atoms with Gasteiger partial charge in [-0.1, -0.05) is 24.3 Å². The summed E-state index contributed by atoms with van der Waals surface area (Å²) in [6.07, 6.45) is 5.76. The predicted molar refractivity (Wildman–Crippen MR) is 96.5 cm³/mol. The van der Waals surface area contributed by atoms with Gasteiger partial charge in [-0.2, -0.15) is 0 Å². The van der Waals surface area contributed by atoms with Crippen molar-refractivity contribution in [3.05, 3.63) is 83.7 Å². The fourth-order valence-corrected chi connectivity index (χ4v) is 3.04. The van der Waals surface area contributed by atoms with Crippen LogP contribution in [0.1, 0.15) is 23.0 Å². The van der Waals surface area contributed by atoms with Crippen LogP contribution in [-0.4, -0.2) is 15.8 Å². The summed E-state index contributed by atoms with van der Waals surface area (Å²) < 4.78 is 15.2. The van der Waals surface area contributed by atoms with Crippen LogP contribution in [0, 0.1) is 5.82 Å². The number of rotatable bonds is 6. The number of nitrogens with zero attached hydrogens (tertiary/aromatic N) is 2. The van der Waals surface area contributed by atoms with E-state index in [0.29, 0.717) is 6.54 Å². The average molecular weight is 341 g/mol. The molecule has 0 radical (unpaired) electrons. The van der Waals surface area contributed by atoms with E-state index in [1.54, 1.807) is 30.1 Å². The van der Waals surface area contributed by atoms with E-state index in [9.17, 15) is 4.39 Å². The topological polar surface area (TPSA) is 29.9 Å². The van der Waals surface area contributed by atoms with Gasteiger partial charge < -0.3 is 4.57 Å². The normalized spacial score (nSPS) is 12.3. The molecule has 0 amide bonds. The van der Waals surface area contributed by atoms with Gasteiger partial charge in [-0.15, -0.1) is 11.8 Å². The van der Waals surface area contributed by atoms with E-state index in [4.69, 9.17) is 0 Å². The van der Waals surface area contributed by atoms with E-state index in [2.05, 4.69) is 40.8 Å². The second-order valence-corrected chi connectivity index (χ2v) is 6.49. The summed E-state index contributed by atoms with van der Waals surface area (Å²) in [7, 11) is 1.97. The number of nitrogens with one attached hydrogen (secondary N) is 1. The summed E-state index contributed by atoms with van der Waals surface area (Å²) in [6, 6.07) is 15.0. The van der Waals surface area contributed by atoms with E-state index in [1.165, 1.54) is 22.6 Å². The first-order chi connectivity index (χ1) is 11.7. The third kappa shape index (κ3) is 3.86.